The average molecular weight is 1210 g/mol. The summed E-state index contributed by atoms with van der Waals surface area (Å²) in [6.07, 6.45) is 77.9. The van der Waals surface area contributed by atoms with Crippen LogP contribution in [0, 0.1) is 0 Å². The van der Waals surface area contributed by atoms with Crippen LogP contribution >= 0.6 is 14.5 Å². The zero-order valence-electron chi connectivity index (χ0n) is 55.4. The fourth-order valence-corrected chi connectivity index (χ4v) is 23.2. The molecule has 0 saturated carbocycles. The minimum absolute atomic E-state index is 0.0116. The highest BCUT2D eigenvalue weighted by Crippen LogP contribution is 2.62. The first-order chi connectivity index (χ1) is 39.7. The summed E-state index contributed by atoms with van der Waals surface area (Å²) in [5.74, 6) is -3.16. The molecule has 0 aromatic heterocycles. The quantitative estimate of drug-likeness (QED) is 0.0396. The standard InChI is InChI=1S/2C30H64P.C12H8O7S/c2*1-5-9-13-14-15-16-17-18-19-20-21-22-23-24-25-26-30-31(27-10-6-2,28-11-7-3)29-12-8-4;13-11(14)6-1-2-9-7(3-6)4-8(12(15)16)5-10(9)20(17,18)19/h2*5-30H2,1-4H3;1-5H,(H,13,14)(H,15,16)(H,17,18,19)/q2*+1;/p-2. The molecule has 0 amide bonds. The molecule has 0 aliphatic carbocycles. The summed E-state index contributed by atoms with van der Waals surface area (Å²) in [7, 11) is -5.94. The van der Waals surface area contributed by atoms with E-state index in [9.17, 15) is 28.2 Å². The zero-order valence-corrected chi connectivity index (χ0v) is 58.0. The van der Waals surface area contributed by atoms with Gasteiger partial charge in [0.2, 0.25) is 0 Å². The number of carbonyl (C=O) groups excluding carboxylic acids is 2. The number of rotatable bonds is 55. The molecule has 2 aromatic rings. The summed E-state index contributed by atoms with van der Waals surface area (Å²) in [6, 6.07) is 5.07. The predicted molar refractivity (Wildman–Crippen MR) is 364 cm³/mol. The molecule has 480 valence electrons. The third kappa shape index (κ3) is 42.3. The van der Waals surface area contributed by atoms with Crippen LogP contribution in [0.2, 0.25) is 0 Å². The predicted octanol–water partition coefficient (Wildman–Crippen LogP) is 22.1. The highest BCUT2D eigenvalue weighted by molar-refractivity contribution is 7.86. The summed E-state index contributed by atoms with van der Waals surface area (Å²) in [6.45, 7) is 19.0. The van der Waals surface area contributed by atoms with Crippen LogP contribution in [-0.2, 0) is 10.1 Å². The van der Waals surface area contributed by atoms with Crippen molar-refractivity contribution in [2.75, 3.05) is 49.3 Å². The monoisotopic (exact) mass is 1200 g/mol. The van der Waals surface area contributed by atoms with Crippen LogP contribution in [0.3, 0.4) is 0 Å². The maximum absolute atomic E-state index is 11.3. The van der Waals surface area contributed by atoms with Crippen molar-refractivity contribution in [3.05, 3.63) is 41.5 Å². The Kier molecular flexibility index (Phi) is 53.7. The van der Waals surface area contributed by atoms with Crippen LogP contribution in [0.1, 0.15) is 359 Å². The third-order valence-corrected chi connectivity index (χ3v) is 28.6. The molecule has 0 spiro atoms. The number of hydrogen-bond acceptors (Lipinski definition) is 6. The molecule has 10 heteroatoms. The van der Waals surface area contributed by atoms with Crippen molar-refractivity contribution >= 4 is 47.4 Å². The number of carbonyl (C=O) groups is 2. The lowest BCUT2D eigenvalue weighted by atomic mass is 10.0. The van der Waals surface area contributed by atoms with Gasteiger partial charge in [0.1, 0.15) is 4.90 Å². The molecule has 0 fully saturated rings. The van der Waals surface area contributed by atoms with Gasteiger partial charge in [0.15, 0.2) is 0 Å². The zero-order chi connectivity index (χ0) is 60.8. The van der Waals surface area contributed by atoms with Gasteiger partial charge < -0.3 is 19.8 Å². The van der Waals surface area contributed by atoms with Crippen LogP contribution in [0.5, 0.6) is 0 Å². The van der Waals surface area contributed by atoms with E-state index in [1.54, 1.807) is 62.1 Å². The maximum atomic E-state index is 11.3. The van der Waals surface area contributed by atoms with E-state index in [1.807, 2.05) is 0 Å². The number of fused-ring (bicyclic) bond motifs is 1. The van der Waals surface area contributed by atoms with Crippen LogP contribution in [0.4, 0.5) is 0 Å². The van der Waals surface area contributed by atoms with E-state index >= 15 is 0 Å². The van der Waals surface area contributed by atoms with Gasteiger partial charge in [-0.3, -0.25) is 4.55 Å². The smallest absolute Gasteiger partial charge is 0.295 e. The summed E-state index contributed by atoms with van der Waals surface area (Å²) >= 11 is 0. The summed E-state index contributed by atoms with van der Waals surface area (Å²) in [5, 5.41) is 21.6. The Labute approximate surface area is 510 Å². The van der Waals surface area contributed by atoms with Crippen molar-refractivity contribution < 1.29 is 32.8 Å². The van der Waals surface area contributed by atoms with Gasteiger partial charge in [-0.05, 0) is 98.9 Å². The van der Waals surface area contributed by atoms with Gasteiger partial charge in [-0.15, -0.1) is 0 Å². The van der Waals surface area contributed by atoms with Crippen molar-refractivity contribution in [2.45, 2.75) is 343 Å². The maximum Gasteiger partial charge on any atom is 0.295 e. The Balaban J connectivity index is 0.00000123. The van der Waals surface area contributed by atoms with Crippen molar-refractivity contribution in [3.8, 4) is 0 Å². The molecule has 1 N–H and O–H groups in total. The number of aromatic carboxylic acids is 2. The lowest BCUT2D eigenvalue weighted by Gasteiger charge is -2.28. The molecular formula is C72H134O7P2S. The van der Waals surface area contributed by atoms with Gasteiger partial charge in [0, 0.05) is 19.9 Å². The number of carboxylic acids is 2. The molecule has 0 bridgehead atoms. The Bertz CT molecular complexity index is 1790. The molecule has 2 aromatic carbocycles. The molecule has 0 atom stereocenters. The molecule has 0 heterocycles. The first kappa shape index (κ1) is 80.4. The first-order valence-electron chi connectivity index (χ1n) is 35.4. The second-order valence-corrected chi connectivity index (χ2v) is 35.5. The van der Waals surface area contributed by atoms with Crippen molar-refractivity contribution in [2.24, 2.45) is 0 Å². The second-order valence-electron chi connectivity index (χ2n) is 25.2. The van der Waals surface area contributed by atoms with Gasteiger partial charge in [0.25, 0.3) is 10.1 Å². The van der Waals surface area contributed by atoms with E-state index in [1.165, 1.54) is 270 Å². The van der Waals surface area contributed by atoms with Gasteiger partial charge in [0.05, 0.1) is 61.2 Å². The number of benzene rings is 2. The van der Waals surface area contributed by atoms with Crippen LogP contribution in [-0.4, -0.2) is 74.2 Å². The normalized spacial score (nSPS) is 11.9. The van der Waals surface area contributed by atoms with E-state index in [2.05, 4.69) is 55.4 Å². The molecular weight excluding hydrogens is 1070 g/mol. The molecule has 2 rings (SSSR count). The minimum atomic E-state index is -4.67. The fraction of sp³-hybridized carbons (Fsp3) is 0.833. The molecule has 0 aliphatic heterocycles. The lowest BCUT2D eigenvalue weighted by molar-refractivity contribution is -0.256. The summed E-state index contributed by atoms with van der Waals surface area (Å²) < 4.78 is 31.6. The average Bonchev–Trinajstić information content (AvgIpc) is 3.67. The molecule has 0 aliphatic rings. The van der Waals surface area contributed by atoms with Crippen molar-refractivity contribution in [1.82, 2.24) is 0 Å². The van der Waals surface area contributed by atoms with Gasteiger partial charge in [-0.25, -0.2) is 0 Å². The van der Waals surface area contributed by atoms with Gasteiger partial charge >= 0.3 is 0 Å². The number of carboxylic acid groups (broad SMARTS) is 2. The van der Waals surface area contributed by atoms with Gasteiger partial charge in [-0.2, -0.15) is 8.42 Å². The van der Waals surface area contributed by atoms with Crippen LogP contribution < -0.4 is 10.2 Å². The van der Waals surface area contributed by atoms with Crippen LogP contribution in [0.15, 0.2) is 35.2 Å². The topological polar surface area (TPSA) is 135 Å². The molecule has 0 radical (unpaired) electrons. The summed E-state index contributed by atoms with van der Waals surface area (Å²) in [5.41, 5.74) is -0.755. The second kappa shape index (κ2) is 54.8. The van der Waals surface area contributed by atoms with Gasteiger partial charge in [-0.1, -0.05) is 286 Å². The molecule has 82 heavy (non-hydrogen) atoms. The van der Waals surface area contributed by atoms with E-state index in [4.69, 9.17) is 4.55 Å². The highest BCUT2D eigenvalue weighted by Gasteiger charge is 2.35. The van der Waals surface area contributed by atoms with Crippen molar-refractivity contribution in [1.29, 1.82) is 0 Å². The van der Waals surface area contributed by atoms with Crippen LogP contribution in [0.25, 0.3) is 10.8 Å². The Morgan fingerprint density at radius 2 is 0.549 bits per heavy atom. The number of hydrogen-bond donors (Lipinski definition) is 1. The van der Waals surface area contributed by atoms with Crippen molar-refractivity contribution in [3.63, 3.8) is 0 Å². The Morgan fingerprint density at radius 3 is 0.780 bits per heavy atom. The number of unbranched alkanes of at least 4 members (excludes halogenated alkanes) is 36. The van der Waals surface area contributed by atoms with E-state index < -0.39 is 47.0 Å². The highest BCUT2D eigenvalue weighted by atomic mass is 32.2. The lowest BCUT2D eigenvalue weighted by Crippen LogP contribution is -2.23. The molecule has 0 saturated heterocycles. The van der Waals surface area contributed by atoms with E-state index in [0.29, 0.717) is 0 Å². The van der Waals surface area contributed by atoms with E-state index in [0.717, 1.165) is 30.3 Å². The fourth-order valence-electron chi connectivity index (χ4n) is 12.1. The third-order valence-electron chi connectivity index (χ3n) is 17.6. The minimum Gasteiger partial charge on any atom is -0.545 e. The molecule has 0 unspecified atom stereocenters. The molecule has 7 nitrogen and oxygen atoms in total. The Morgan fingerprint density at radius 1 is 0.329 bits per heavy atom. The SMILES string of the molecule is CCCCCCCCCCCCCCCCCC[P+](CCCC)(CCCC)CCCC.CCCCCCCCCCCCCCCCCC[P+](CCCC)(CCCC)CCCC.O=C([O-])c1ccc2c(S(=O)(=O)O)cc(C(=O)[O-])cc2c1. The first-order valence-corrected chi connectivity index (χ1v) is 41.9. The van der Waals surface area contributed by atoms with E-state index in [-0.39, 0.29) is 16.3 Å². The largest absolute Gasteiger partial charge is 0.545 e. The Hall–Kier alpha value is -1.59. The summed E-state index contributed by atoms with van der Waals surface area (Å²) in [4.78, 5) is 20.9.